The van der Waals surface area contributed by atoms with Crippen molar-refractivity contribution in [2.45, 2.75) is 26.2 Å². The monoisotopic (exact) mass is 398 g/mol. The average molecular weight is 398 g/mol. The molecule has 7 nitrogen and oxygen atoms in total. The molecular weight excluding hydrogens is 376 g/mol. The Labute approximate surface area is 168 Å². The minimum atomic E-state index is -0.488. The lowest BCUT2D eigenvalue weighted by atomic mass is 10.1. The van der Waals surface area contributed by atoms with Crippen LogP contribution in [0, 0.1) is 17.0 Å². The number of nitrogens with one attached hydrogen (secondary N) is 2. The Balaban J connectivity index is 1.73. The number of piperidine rings is 1. The molecule has 28 heavy (non-hydrogen) atoms. The van der Waals surface area contributed by atoms with Crippen molar-refractivity contribution in [2.24, 2.45) is 0 Å². The standard InChI is InChI=1S/C20H22N4O3S/c1-14-6-5-7-16(12-14)21-20(28)22-19(25)15-8-9-17(18(13-15)24(26)27)23-10-3-2-4-11-23/h5-9,12-13H,2-4,10-11H2,1H3,(H2,21,22,25,28). The van der Waals surface area contributed by atoms with Gasteiger partial charge in [-0.05, 0) is 68.2 Å². The zero-order valence-electron chi connectivity index (χ0n) is 15.6. The van der Waals surface area contributed by atoms with Gasteiger partial charge in [-0.2, -0.15) is 0 Å². The lowest BCUT2D eigenvalue weighted by molar-refractivity contribution is -0.384. The van der Waals surface area contributed by atoms with Crippen LogP contribution in [0.25, 0.3) is 0 Å². The molecule has 146 valence electrons. The number of thiocarbonyl (C=S) groups is 1. The smallest absolute Gasteiger partial charge is 0.293 e. The third-order valence-electron chi connectivity index (χ3n) is 4.63. The maximum absolute atomic E-state index is 12.5. The van der Waals surface area contributed by atoms with Gasteiger partial charge in [0.05, 0.1) is 4.92 Å². The molecule has 0 unspecified atom stereocenters. The molecule has 0 spiro atoms. The number of hydrogen-bond acceptors (Lipinski definition) is 5. The molecule has 2 N–H and O–H groups in total. The molecule has 2 aromatic carbocycles. The van der Waals surface area contributed by atoms with Crippen molar-refractivity contribution < 1.29 is 9.72 Å². The van der Waals surface area contributed by atoms with Crippen molar-refractivity contribution in [1.29, 1.82) is 0 Å². The summed E-state index contributed by atoms with van der Waals surface area (Å²) in [7, 11) is 0. The van der Waals surface area contributed by atoms with Gasteiger partial charge in [0, 0.05) is 30.4 Å². The van der Waals surface area contributed by atoms with E-state index in [0.29, 0.717) is 5.69 Å². The minimum Gasteiger partial charge on any atom is -0.366 e. The number of nitro benzene ring substituents is 1. The van der Waals surface area contributed by atoms with Gasteiger partial charge in [-0.1, -0.05) is 12.1 Å². The second kappa shape index (κ2) is 8.79. The van der Waals surface area contributed by atoms with Gasteiger partial charge in [-0.25, -0.2) is 0 Å². The van der Waals surface area contributed by atoms with Crippen LogP contribution in [0.1, 0.15) is 35.2 Å². The van der Waals surface area contributed by atoms with Gasteiger partial charge in [-0.3, -0.25) is 20.2 Å². The first-order valence-corrected chi connectivity index (χ1v) is 9.57. The largest absolute Gasteiger partial charge is 0.366 e. The molecule has 0 saturated carbocycles. The van der Waals surface area contributed by atoms with Gasteiger partial charge in [-0.15, -0.1) is 0 Å². The van der Waals surface area contributed by atoms with Gasteiger partial charge < -0.3 is 10.2 Å². The third kappa shape index (κ3) is 4.83. The predicted molar refractivity (Wildman–Crippen MR) is 114 cm³/mol. The quantitative estimate of drug-likeness (QED) is 0.459. The number of nitro groups is 1. The summed E-state index contributed by atoms with van der Waals surface area (Å²) < 4.78 is 0. The number of amides is 1. The molecule has 8 heteroatoms. The zero-order chi connectivity index (χ0) is 20.1. The lowest BCUT2D eigenvalue weighted by Gasteiger charge is -2.28. The number of carbonyl (C=O) groups is 1. The van der Waals surface area contributed by atoms with E-state index < -0.39 is 10.8 Å². The Hall–Kier alpha value is -3.00. The molecular formula is C20H22N4O3S. The van der Waals surface area contributed by atoms with Crippen LogP contribution in [0.2, 0.25) is 0 Å². The molecule has 1 aliphatic heterocycles. The van der Waals surface area contributed by atoms with Gasteiger partial charge in [0.1, 0.15) is 5.69 Å². The van der Waals surface area contributed by atoms with Crippen molar-refractivity contribution in [3.05, 3.63) is 63.7 Å². The van der Waals surface area contributed by atoms with Crippen LogP contribution in [0.3, 0.4) is 0 Å². The average Bonchev–Trinajstić information content (AvgIpc) is 2.68. The molecule has 0 atom stereocenters. The summed E-state index contributed by atoms with van der Waals surface area (Å²) in [6, 6.07) is 12.1. The fraction of sp³-hybridized carbons (Fsp3) is 0.300. The first kappa shape index (κ1) is 19.8. The Morgan fingerprint density at radius 3 is 2.57 bits per heavy atom. The SMILES string of the molecule is Cc1cccc(NC(=S)NC(=O)c2ccc(N3CCCCC3)c([N+](=O)[O-])c2)c1. The number of aryl methyl sites for hydroxylation is 1. The maximum atomic E-state index is 12.5. The molecule has 2 aromatic rings. The van der Waals surface area contributed by atoms with Crippen LogP contribution in [0.5, 0.6) is 0 Å². The van der Waals surface area contributed by atoms with Gasteiger partial charge in [0.2, 0.25) is 0 Å². The highest BCUT2D eigenvalue weighted by molar-refractivity contribution is 7.80. The molecule has 0 aliphatic carbocycles. The Morgan fingerprint density at radius 1 is 1.14 bits per heavy atom. The summed E-state index contributed by atoms with van der Waals surface area (Å²) in [5.41, 5.74) is 2.51. The van der Waals surface area contributed by atoms with E-state index in [1.165, 1.54) is 6.07 Å². The second-order valence-electron chi connectivity index (χ2n) is 6.79. The fourth-order valence-electron chi connectivity index (χ4n) is 3.27. The molecule has 1 heterocycles. The number of hydrogen-bond donors (Lipinski definition) is 2. The number of nitrogens with zero attached hydrogens (tertiary/aromatic N) is 2. The molecule has 0 radical (unpaired) electrons. The van der Waals surface area contributed by atoms with E-state index in [0.717, 1.165) is 43.6 Å². The molecule has 1 amide bonds. The molecule has 1 aliphatic rings. The van der Waals surface area contributed by atoms with Crippen LogP contribution < -0.4 is 15.5 Å². The molecule has 1 fully saturated rings. The van der Waals surface area contributed by atoms with E-state index in [4.69, 9.17) is 12.2 Å². The minimum absolute atomic E-state index is 0.0629. The highest BCUT2D eigenvalue weighted by atomic mass is 32.1. The van der Waals surface area contributed by atoms with Crippen molar-refractivity contribution in [3.63, 3.8) is 0 Å². The van der Waals surface area contributed by atoms with Crippen LogP contribution in [0.15, 0.2) is 42.5 Å². The Bertz CT molecular complexity index is 910. The van der Waals surface area contributed by atoms with Crippen LogP contribution in [-0.4, -0.2) is 29.0 Å². The first-order chi connectivity index (χ1) is 13.4. The van der Waals surface area contributed by atoms with Crippen molar-refractivity contribution >= 4 is 40.3 Å². The number of anilines is 2. The Kier molecular flexibility index (Phi) is 6.20. The Morgan fingerprint density at radius 2 is 1.89 bits per heavy atom. The van der Waals surface area contributed by atoms with Crippen LogP contribution in [0.4, 0.5) is 17.1 Å². The summed E-state index contributed by atoms with van der Waals surface area (Å²) in [6.07, 6.45) is 3.16. The van der Waals surface area contributed by atoms with Gasteiger partial charge in [0.25, 0.3) is 11.6 Å². The van der Waals surface area contributed by atoms with Crippen molar-refractivity contribution in [2.75, 3.05) is 23.3 Å². The van der Waals surface area contributed by atoms with E-state index in [-0.39, 0.29) is 16.4 Å². The third-order valence-corrected chi connectivity index (χ3v) is 4.84. The number of rotatable bonds is 4. The highest BCUT2D eigenvalue weighted by Crippen LogP contribution is 2.31. The second-order valence-corrected chi connectivity index (χ2v) is 7.19. The van der Waals surface area contributed by atoms with E-state index in [9.17, 15) is 14.9 Å². The number of carbonyl (C=O) groups excluding carboxylic acids is 1. The lowest BCUT2D eigenvalue weighted by Crippen LogP contribution is -2.34. The normalized spacial score (nSPS) is 13.7. The predicted octanol–water partition coefficient (Wildman–Crippen LogP) is 4.02. The molecule has 3 rings (SSSR count). The zero-order valence-corrected chi connectivity index (χ0v) is 16.4. The van der Waals surface area contributed by atoms with Gasteiger partial charge in [0.15, 0.2) is 5.11 Å². The van der Waals surface area contributed by atoms with Crippen molar-refractivity contribution in [1.82, 2.24) is 5.32 Å². The van der Waals surface area contributed by atoms with E-state index in [1.807, 2.05) is 36.1 Å². The summed E-state index contributed by atoms with van der Waals surface area (Å²) in [5, 5.41) is 17.2. The summed E-state index contributed by atoms with van der Waals surface area (Å²) in [5.74, 6) is -0.488. The van der Waals surface area contributed by atoms with Crippen LogP contribution in [-0.2, 0) is 0 Å². The maximum Gasteiger partial charge on any atom is 0.293 e. The molecule has 0 aromatic heterocycles. The summed E-state index contributed by atoms with van der Waals surface area (Å²) in [4.78, 5) is 25.6. The van der Waals surface area contributed by atoms with Crippen molar-refractivity contribution in [3.8, 4) is 0 Å². The summed E-state index contributed by atoms with van der Waals surface area (Å²) in [6.45, 7) is 3.53. The number of benzene rings is 2. The fourth-order valence-corrected chi connectivity index (χ4v) is 3.48. The molecule has 1 saturated heterocycles. The highest BCUT2D eigenvalue weighted by Gasteiger charge is 2.23. The summed E-state index contributed by atoms with van der Waals surface area (Å²) >= 11 is 5.18. The van der Waals surface area contributed by atoms with Crippen LogP contribution >= 0.6 is 12.2 Å². The van der Waals surface area contributed by atoms with E-state index in [1.54, 1.807) is 12.1 Å². The first-order valence-electron chi connectivity index (χ1n) is 9.16. The topological polar surface area (TPSA) is 87.5 Å². The van der Waals surface area contributed by atoms with E-state index in [2.05, 4.69) is 10.6 Å². The van der Waals surface area contributed by atoms with E-state index >= 15 is 0 Å². The molecule has 0 bridgehead atoms. The van der Waals surface area contributed by atoms with Gasteiger partial charge >= 0.3 is 0 Å².